The maximum atomic E-state index is 12.1. The van der Waals surface area contributed by atoms with Crippen LogP contribution in [0.2, 0.25) is 0 Å². The first-order valence-electron chi connectivity index (χ1n) is 8.67. The van der Waals surface area contributed by atoms with Gasteiger partial charge in [-0.2, -0.15) is 0 Å². The van der Waals surface area contributed by atoms with Crippen LogP contribution in [0.15, 0.2) is 0 Å². The maximum Gasteiger partial charge on any atom is 0.309 e. The first kappa shape index (κ1) is 15.9. The fourth-order valence-electron chi connectivity index (χ4n) is 4.11. The summed E-state index contributed by atoms with van der Waals surface area (Å²) in [5.74, 6) is 2.42. The number of hydrogen-bond acceptors (Lipinski definition) is 2. The minimum Gasteiger partial charge on any atom is -0.459 e. The average molecular weight is 280 g/mol. The molecule has 0 aromatic heterocycles. The minimum atomic E-state index is -0.289. The molecule has 0 amide bonds. The molecule has 4 atom stereocenters. The largest absolute Gasteiger partial charge is 0.459 e. The number of carbonyl (C=O) groups is 1. The van der Waals surface area contributed by atoms with E-state index in [1.807, 2.05) is 13.8 Å². The number of hydrogen-bond donors (Lipinski definition) is 0. The summed E-state index contributed by atoms with van der Waals surface area (Å²) in [5.41, 5.74) is -0.289. The van der Waals surface area contributed by atoms with Crippen molar-refractivity contribution in [1.29, 1.82) is 0 Å². The van der Waals surface area contributed by atoms with Gasteiger partial charge in [-0.25, -0.2) is 0 Å². The summed E-state index contributed by atoms with van der Waals surface area (Å²) in [6, 6.07) is 0. The lowest BCUT2D eigenvalue weighted by molar-refractivity contribution is -0.169. The molecule has 0 aromatic carbocycles. The van der Waals surface area contributed by atoms with Crippen LogP contribution < -0.4 is 0 Å². The summed E-state index contributed by atoms with van der Waals surface area (Å²) in [6.45, 7) is 8.27. The van der Waals surface area contributed by atoms with Crippen molar-refractivity contribution in [3.8, 4) is 0 Å². The molecule has 0 spiro atoms. The Morgan fingerprint density at radius 2 is 1.80 bits per heavy atom. The summed E-state index contributed by atoms with van der Waals surface area (Å²) in [4.78, 5) is 12.1. The molecule has 0 heterocycles. The molecule has 2 fully saturated rings. The average Bonchev–Trinajstić information content (AvgIpc) is 2.45. The van der Waals surface area contributed by atoms with E-state index in [0.29, 0.717) is 5.92 Å². The Kier molecular flexibility index (Phi) is 5.14. The lowest BCUT2D eigenvalue weighted by atomic mass is 9.64. The highest BCUT2D eigenvalue weighted by atomic mass is 16.6. The molecule has 0 aliphatic heterocycles. The molecule has 0 radical (unpaired) electrons. The molecule has 2 rings (SSSR count). The monoisotopic (exact) mass is 280 g/mol. The van der Waals surface area contributed by atoms with Crippen LogP contribution in [0.3, 0.4) is 0 Å². The summed E-state index contributed by atoms with van der Waals surface area (Å²) < 4.78 is 5.87. The summed E-state index contributed by atoms with van der Waals surface area (Å²) in [6.07, 6.45) is 10.4. The van der Waals surface area contributed by atoms with Crippen molar-refractivity contribution in [1.82, 2.24) is 0 Å². The first-order valence-corrected chi connectivity index (χ1v) is 8.67. The zero-order valence-electron chi connectivity index (χ0n) is 13.8. The van der Waals surface area contributed by atoms with Gasteiger partial charge in [0.15, 0.2) is 0 Å². The lowest BCUT2D eigenvalue weighted by Crippen LogP contribution is -2.42. The van der Waals surface area contributed by atoms with Crippen LogP contribution in [0.25, 0.3) is 0 Å². The number of fused-ring (bicyclic) bond motifs is 1. The minimum absolute atomic E-state index is 0.0109. The number of esters is 1. The van der Waals surface area contributed by atoms with Crippen molar-refractivity contribution in [3.63, 3.8) is 0 Å². The molecule has 0 bridgehead atoms. The standard InChI is InChI=1S/C18H32O2/c1-5-13(2)17(19)20-18(3,4)16-11-10-14-8-6-7-9-15(14)12-16/h13-16H,5-12H2,1-4H3. The van der Waals surface area contributed by atoms with Gasteiger partial charge in [-0.1, -0.05) is 39.5 Å². The van der Waals surface area contributed by atoms with E-state index in [0.717, 1.165) is 18.3 Å². The second-order valence-corrected chi connectivity index (χ2v) is 7.65. The quantitative estimate of drug-likeness (QED) is 0.680. The van der Waals surface area contributed by atoms with Crippen LogP contribution >= 0.6 is 0 Å². The molecule has 0 aromatic rings. The van der Waals surface area contributed by atoms with Gasteiger partial charge in [0.25, 0.3) is 0 Å². The molecular weight excluding hydrogens is 248 g/mol. The van der Waals surface area contributed by atoms with E-state index in [4.69, 9.17) is 4.74 Å². The SMILES string of the molecule is CCC(C)C(=O)OC(C)(C)C1CCC2CCCCC2C1. The van der Waals surface area contributed by atoms with Crippen LogP contribution in [0.5, 0.6) is 0 Å². The Labute approximate surface area is 124 Å². The summed E-state index contributed by atoms with van der Waals surface area (Å²) >= 11 is 0. The highest BCUT2D eigenvalue weighted by Crippen LogP contribution is 2.46. The number of ether oxygens (including phenoxy) is 1. The van der Waals surface area contributed by atoms with E-state index >= 15 is 0 Å². The zero-order valence-corrected chi connectivity index (χ0v) is 13.8. The van der Waals surface area contributed by atoms with Gasteiger partial charge in [-0.15, -0.1) is 0 Å². The van der Waals surface area contributed by atoms with Crippen molar-refractivity contribution >= 4 is 5.97 Å². The van der Waals surface area contributed by atoms with Crippen molar-refractivity contribution in [2.45, 2.75) is 84.7 Å². The molecule has 2 saturated carbocycles. The highest BCUT2D eigenvalue weighted by Gasteiger charge is 2.41. The van der Waals surface area contributed by atoms with E-state index in [1.54, 1.807) is 0 Å². The van der Waals surface area contributed by atoms with Gasteiger partial charge in [0, 0.05) is 0 Å². The van der Waals surface area contributed by atoms with Crippen molar-refractivity contribution in [2.24, 2.45) is 23.7 Å². The topological polar surface area (TPSA) is 26.3 Å². The molecular formula is C18H32O2. The predicted molar refractivity (Wildman–Crippen MR) is 82.4 cm³/mol. The third kappa shape index (κ3) is 3.56. The molecule has 2 aliphatic rings. The Hall–Kier alpha value is -0.530. The van der Waals surface area contributed by atoms with Gasteiger partial charge in [0.2, 0.25) is 0 Å². The van der Waals surface area contributed by atoms with Gasteiger partial charge >= 0.3 is 5.97 Å². The lowest BCUT2D eigenvalue weighted by Gasteiger charge is -2.44. The van der Waals surface area contributed by atoms with E-state index in [-0.39, 0.29) is 17.5 Å². The van der Waals surface area contributed by atoms with Gasteiger partial charge in [0.1, 0.15) is 5.60 Å². The smallest absolute Gasteiger partial charge is 0.309 e. The van der Waals surface area contributed by atoms with Crippen LogP contribution in [-0.4, -0.2) is 11.6 Å². The van der Waals surface area contributed by atoms with Gasteiger partial charge in [0.05, 0.1) is 5.92 Å². The van der Waals surface area contributed by atoms with Crippen molar-refractivity contribution in [2.75, 3.05) is 0 Å². The van der Waals surface area contributed by atoms with E-state index in [2.05, 4.69) is 13.8 Å². The Morgan fingerprint density at radius 3 is 2.45 bits per heavy atom. The number of carbonyl (C=O) groups excluding carboxylic acids is 1. The molecule has 0 N–H and O–H groups in total. The second-order valence-electron chi connectivity index (χ2n) is 7.65. The predicted octanol–water partition coefficient (Wildman–Crippen LogP) is 4.96. The Balaban J connectivity index is 1.94. The van der Waals surface area contributed by atoms with Gasteiger partial charge < -0.3 is 4.74 Å². The normalized spacial score (nSPS) is 32.3. The molecule has 2 heteroatoms. The van der Waals surface area contributed by atoms with E-state index in [9.17, 15) is 4.79 Å². The second kappa shape index (κ2) is 6.49. The van der Waals surface area contributed by atoms with Crippen molar-refractivity contribution < 1.29 is 9.53 Å². The molecule has 20 heavy (non-hydrogen) atoms. The van der Waals surface area contributed by atoms with Crippen LogP contribution in [-0.2, 0) is 9.53 Å². The Morgan fingerprint density at radius 1 is 1.15 bits per heavy atom. The summed E-state index contributed by atoms with van der Waals surface area (Å²) in [7, 11) is 0. The van der Waals surface area contributed by atoms with E-state index in [1.165, 1.54) is 44.9 Å². The third-order valence-corrected chi connectivity index (χ3v) is 5.90. The van der Waals surface area contributed by atoms with Crippen molar-refractivity contribution in [3.05, 3.63) is 0 Å². The zero-order chi connectivity index (χ0) is 14.8. The van der Waals surface area contributed by atoms with Gasteiger partial charge in [-0.05, 0) is 57.3 Å². The molecule has 116 valence electrons. The third-order valence-electron chi connectivity index (χ3n) is 5.90. The first-order chi connectivity index (χ1) is 9.44. The molecule has 2 nitrogen and oxygen atoms in total. The molecule has 2 aliphatic carbocycles. The fourth-order valence-corrected chi connectivity index (χ4v) is 4.11. The Bertz CT molecular complexity index is 334. The maximum absolute atomic E-state index is 12.1. The highest BCUT2D eigenvalue weighted by molar-refractivity contribution is 5.72. The van der Waals surface area contributed by atoms with Crippen LogP contribution in [0, 0.1) is 23.7 Å². The molecule has 4 unspecified atom stereocenters. The molecule has 0 saturated heterocycles. The number of rotatable bonds is 4. The van der Waals surface area contributed by atoms with Crippen LogP contribution in [0.4, 0.5) is 0 Å². The van der Waals surface area contributed by atoms with Crippen LogP contribution in [0.1, 0.15) is 79.1 Å². The van der Waals surface area contributed by atoms with E-state index < -0.39 is 0 Å². The summed E-state index contributed by atoms with van der Waals surface area (Å²) in [5, 5.41) is 0. The fraction of sp³-hybridized carbons (Fsp3) is 0.944. The van der Waals surface area contributed by atoms with Gasteiger partial charge in [-0.3, -0.25) is 4.79 Å².